The van der Waals surface area contributed by atoms with Gasteiger partial charge in [-0.2, -0.15) is 0 Å². The van der Waals surface area contributed by atoms with Gasteiger partial charge < -0.3 is 14.4 Å². The molecule has 1 N–H and O–H groups in total. The van der Waals surface area contributed by atoms with E-state index in [1.54, 1.807) is 17.5 Å². The highest BCUT2D eigenvalue weighted by atomic mass is 32.2. The maximum absolute atomic E-state index is 11.0. The van der Waals surface area contributed by atoms with Crippen LogP contribution >= 0.6 is 23.1 Å². The van der Waals surface area contributed by atoms with Gasteiger partial charge in [-0.15, -0.1) is 23.1 Å². The third-order valence-corrected chi connectivity index (χ3v) is 8.28. The van der Waals surface area contributed by atoms with Crippen molar-refractivity contribution in [2.24, 2.45) is 0 Å². The quantitative estimate of drug-likeness (QED) is 0.186. The topological polar surface area (TPSA) is 60.2 Å². The Morgan fingerprint density at radius 3 is 2.38 bits per heavy atom. The number of aromatic nitrogens is 3. The van der Waals surface area contributed by atoms with Gasteiger partial charge in [-0.25, -0.2) is 4.98 Å². The monoisotopic (exact) mass is 557 g/mol. The molecule has 0 bridgehead atoms. The van der Waals surface area contributed by atoms with E-state index in [1.807, 2.05) is 61.5 Å². The lowest BCUT2D eigenvalue weighted by Crippen LogP contribution is -2.24. The first-order chi connectivity index (χ1) is 18.6. The number of rotatable bonds is 9. The van der Waals surface area contributed by atoms with E-state index in [0.717, 1.165) is 38.6 Å². The molecule has 0 spiro atoms. The number of benzene rings is 2. The molecule has 0 amide bonds. The molecular weight excluding hydrogens is 523 g/mol. The summed E-state index contributed by atoms with van der Waals surface area (Å²) in [6.07, 6.45) is 4.17. The summed E-state index contributed by atoms with van der Waals surface area (Å²) in [4.78, 5) is 10.0. The first-order valence-electron chi connectivity index (χ1n) is 13.1. The molecule has 2 aromatic carbocycles. The third kappa shape index (κ3) is 6.90. The number of thiazole rings is 1. The number of fused-ring (bicyclic) bond motifs is 1. The molecule has 0 unspecified atom stereocenters. The number of aliphatic hydroxyl groups is 1. The van der Waals surface area contributed by atoms with Gasteiger partial charge in [0.1, 0.15) is 17.4 Å². The zero-order valence-electron chi connectivity index (χ0n) is 23.1. The standard InChI is InChI=1S/C32H35N3O2S2/c1-31(2,3)39-29-26-18-25(37-21-24-8-6-7-15-33-24)13-14-27(26)35(28(29)19-32(4,5)36)20-22-9-11-23(12-10-22)30-34-16-17-38-30/h6-18,36H,19-21H2,1-5H3. The van der Waals surface area contributed by atoms with Crippen molar-refractivity contribution in [1.29, 1.82) is 0 Å². The zero-order chi connectivity index (χ0) is 27.6. The van der Waals surface area contributed by atoms with Gasteiger partial charge in [0.05, 0.1) is 11.3 Å². The van der Waals surface area contributed by atoms with Crippen LogP contribution in [-0.4, -0.2) is 30.0 Å². The average Bonchev–Trinajstić information content (AvgIpc) is 3.51. The highest BCUT2D eigenvalue weighted by Gasteiger charge is 2.27. The van der Waals surface area contributed by atoms with Gasteiger partial charge in [0.15, 0.2) is 0 Å². The predicted octanol–water partition coefficient (Wildman–Crippen LogP) is 7.99. The molecule has 7 heteroatoms. The fourth-order valence-electron chi connectivity index (χ4n) is 4.57. The number of nitrogens with zero attached hydrogens (tertiary/aromatic N) is 3. The summed E-state index contributed by atoms with van der Waals surface area (Å²) >= 11 is 3.49. The highest BCUT2D eigenvalue weighted by Crippen LogP contribution is 2.43. The summed E-state index contributed by atoms with van der Waals surface area (Å²) in [6.45, 7) is 11.6. The molecule has 5 nitrogen and oxygen atoms in total. The van der Waals surface area contributed by atoms with Crippen LogP contribution in [0.25, 0.3) is 21.5 Å². The lowest BCUT2D eigenvalue weighted by molar-refractivity contribution is 0.0785. The van der Waals surface area contributed by atoms with Crippen LogP contribution in [0.1, 0.15) is 51.6 Å². The molecule has 0 radical (unpaired) electrons. The van der Waals surface area contributed by atoms with Crippen LogP contribution in [0.5, 0.6) is 5.75 Å². The average molecular weight is 558 g/mol. The molecule has 39 heavy (non-hydrogen) atoms. The van der Waals surface area contributed by atoms with Crippen molar-refractivity contribution in [1.82, 2.24) is 14.5 Å². The Kier molecular flexibility index (Phi) is 7.85. The van der Waals surface area contributed by atoms with E-state index < -0.39 is 5.60 Å². The Labute approximate surface area is 238 Å². The molecule has 0 fully saturated rings. The Morgan fingerprint density at radius 2 is 1.74 bits per heavy atom. The molecule has 3 aromatic heterocycles. The van der Waals surface area contributed by atoms with Crippen molar-refractivity contribution >= 4 is 34.0 Å². The predicted molar refractivity (Wildman–Crippen MR) is 163 cm³/mol. The van der Waals surface area contributed by atoms with Gasteiger partial charge in [0.25, 0.3) is 0 Å². The lowest BCUT2D eigenvalue weighted by atomic mass is 10.0. The maximum atomic E-state index is 11.0. The Bertz CT molecular complexity index is 1530. The second-order valence-corrected chi connectivity index (χ2v) is 14.1. The largest absolute Gasteiger partial charge is 0.487 e. The van der Waals surface area contributed by atoms with Gasteiger partial charge in [0, 0.05) is 62.5 Å². The van der Waals surface area contributed by atoms with Crippen molar-refractivity contribution < 1.29 is 9.84 Å². The highest BCUT2D eigenvalue weighted by molar-refractivity contribution is 8.00. The van der Waals surface area contributed by atoms with Crippen LogP contribution in [-0.2, 0) is 19.6 Å². The molecule has 5 aromatic rings. The van der Waals surface area contributed by atoms with Crippen LogP contribution < -0.4 is 4.74 Å². The van der Waals surface area contributed by atoms with Crippen LogP contribution in [0.4, 0.5) is 0 Å². The normalized spacial score (nSPS) is 12.3. The van der Waals surface area contributed by atoms with Gasteiger partial charge in [0.2, 0.25) is 0 Å². The number of hydrogen-bond donors (Lipinski definition) is 1. The lowest BCUT2D eigenvalue weighted by Gasteiger charge is -2.23. The molecule has 5 rings (SSSR count). The molecule has 0 aliphatic rings. The van der Waals surface area contributed by atoms with Crippen molar-refractivity contribution in [3.05, 3.63) is 95.4 Å². The number of hydrogen-bond acceptors (Lipinski definition) is 6. The molecule has 0 saturated carbocycles. The van der Waals surface area contributed by atoms with E-state index in [-0.39, 0.29) is 4.75 Å². The summed E-state index contributed by atoms with van der Waals surface area (Å²) < 4.78 is 8.52. The smallest absolute Gasteiger partial charge is 0.130 e. The number of thioether (sulfide) groups is 1. The summed E-state index contributed by atoms with van der Waals surface area (Å²) in [5, 5.41) is 15.1. The molecule has 3 heterocycles. The molecular formula is C32H35N3O2S2. The number of pyridine rings is 1. The fourth-order valence-corrected chi connectivity index (χ4v) is 6.40. The van der Waals surface area contributed by atoms with E-state index in [4.69, 9.17) is 4.74 Å². The summed E-state index contributed by atoms with van der Waals surface area (Å²) in [5.41, 5.74) is 4.64. The second kappa shape index (κ2) is 11.2. The molecule has 0 atom stereocenters. The first-order valence-corrected chi connectivity index (χ1v) is 14.8. The van der Waals surface area contributed by atoms with Crippen LogP contribution in [0.2, 0.25) is 0 Å². The molecule has 0 aliphatic carbocycles. The van der Waals surface area contributed by atoms with Gasteiger partial charge in [-0.05, 0) is 49.7 Å². The van der Waals surface area contributed by atoms with Crippen molar-refractivity contribution in [2.75, 3.05) is 0 Å². The fraction of sp³-hybridized carbons (Fsp3) is 0.312. The van der Waals surface area contributed by atoms with E-state index in [1.165, 1.54) is 10.5 Å². The van der Waals surface area contributed by atoms with E-state index >= 15 is 0 Å². The number of ether oxygens (including phenoxy) is 1. The second-order valence-electron chi connectivity index (χ2n) is 11.4. The maximum Gasteiger partial charge on any atom is 0.130 e. The molecule has 0 aliphatic heterocycles. The van der Waals surface area contributed by atoms with Crippen LogP contribution in [0, 0.1) is 0 Å². The van der Waals surface area contributed by atoms with Crippen molar-refractivity contribution in [3.8, 4) is 16.3 Å². The summed E-state index contributed by atoms with van der Waals surface area (Å²) in [7, 11) is 0. The Morgan fingerprint density at radius 1 is 0.949 bits per heavy atom. The Hall–Kier alpha value is -3.13. The van der Waals surface area contributed by atoms with Gasteiger partial charge in [-0.3, -0.25) is 4.98 Å². The minimum Gasteiger partial charge on any atom is -0.487 e. The summed E-state index contributed by atoms with van der Waals surface area (Å²) in [6, 6.07) is 20.8. The molecule has 0 saturated heterocycles. The minimum atomic E-state index is -0.855. The van der Waals surface area contributed by atoms with E-state index in [9.17, 15) is 5.11 Å². The van der Waals surface area contributed by atoms with Gasteiger partial charge >= 0.3 is 0 Å². The first kappa shape index (κ1) is 27.4. The summed E-state index contributed by atoms with van der Waals surface area (Å²) in [5.74, 6) is 0.809. The zero-order valence-corrected chi connectivity index (χ0v) is 24.8. The Balaban J connectivity index is 1.57. The van der Waals surface area contributed by atoms with Crippen molar-refractivity contribution in [3.63, 3.8) is 0 Å². The molecule has 202 valence electrons. The SMILES string of the molecule is CC(C)(O)Cc1c(SC(C)(C)C)c2cc(OCc3ccccn3)ccc2n1Cc1ccc(-c2nccs2)cc1. The van der Waals surface area contributed by atoms with Crippen LogP contribution in [0.3, 0.4) is 0 Å². The van der Waals surface area contributed by atoms with Gasteiger partial charge in [-0.1, -0.05) is 51.1 Å². The van der Waals surface area contributed by atoms with E-state index in [0.29, 0.717) is 19.6 Å². The van der Waals surface area contributed by atoms with Crippen LogP contribution in [0.15, 0.2) is 83.3 Å². The minimum absolute atomic E-state index is 0.00631. The third-order valence-electron chi connectivity index (χ3n) is 6.19. The van der Waals surface area contributed by atoms with Crippen molar-refractivity contribution in [2.45, 2.75) is 69.4 Å². The van der Waals surface area contributed by atoms with E-state index in [2.05, 4.69) is 71.7 Å².